The van der Waals surface area contributed by atoms with Crippen LogP contribution in [0.4, 0.5) is 0 Å². The number of nitrogens with zero attached hydrogens (tertiary/aromatic N) is 1. The van der Waals surface area contributed by atoms with Crippen molar-refractivity contribution in [2.75, 3.05) is 27.2 Å². The van der Waals surface area contributed by atoms with Crippen molar-refractivity contribution in [2.24, 2.45) is 0 Å². The van der Waals surface area contributed by atoms with Crippen molar-refractivity contribution in [1.82, 2.24) is 4.90 Å². The van der Waals surface area contributed by atoms with E-state index in [9.17, 15) is 4.79 Å². The highest BCUT2D eigenvalue weighted by Gasteiger charge is 2.19. The zero-order valence-corrected chi connectivity index (χ0v) is 17.0. The number of Topliss-reactive ketones (excluding diaryl/α,β-unsaturated/α-hetero) is 1. The standard InChI is InChI=1S/C24H33NO2/c1-4-23(20-12-8-7-9-13-20)24(26)21-14-16-22(17-15-21)27-19-11-6-5-10-18-25(2)3/h7-9,12-17,23H,4-6,10-11,18-19H2,1-3H3. The normalized spacial score (nSPS) is 12.1. The Hall–Kier alpha value is -2.13. The van der Waals surface area contributed by atoms with Crippen molar-refractivity contribution in [1.29, 1.82) is 0 Å². The quantitative estimate of drug-likeness (QED) is 0.363. The Morgan fingerprint density at radius 3 is 2.22 bits per heavy atom. The third kappa shape index (κ3) is 7.18. The van der Waals surface area contributed by atoms with Gasteiger partial charge in [-0.15, -0.1) is 0 Å². The Morgan fingerprint density at radius 2 is 1.59 bits per heavy atom. The molecule has 0 aliphatic heterocycles. The van der Waals surface area contributed by atoms with Crippen molar-refractivity contribution in [3.8, 4) is 5.75 Å². The zero-order valence-electron chi connectivity index (χ0n) is 17.0. The summed E-state index contributed by atoms with van der Waals surface area (Å²) < 4.78 is 5.82. The predicted molar refractivity (Wildman–Crippen MR) is 113 cm³/mol. The van der Waals surface area contributed by atoms with Gasteiger partial charge in [0.05, 0.1) is 6.61 Å². The molecule has 0 spiro atoms. The Morgan fingerprint density at radius 1 is 0.926 bits per heavy atom. The molecule has 2 aromatic rings. The molecule has 0 heterocycles. The van der Waals surface area contributed by atoms with E-state index in [1.165, 1.54) is 19.3 Å². The molecular weight excluding hydrogens is 334 g/mol. The van der Waals surface area contributed by atoms with Gasteiger partial charge in [-0.3, -0.25) is 4.79 Å². The summed E-state index contributed by atoms with van der Waals surface area (Å²) in [6, 6.07) is 17.6. The summed E-state index contributed by atoms with van der Waals surface area (Å²) in [5, 5.41) is 0. The van der Waals surface area contributed by atoms with Crippen LogP contribution in [-0.4, -0.2) is 37.9 Å². The maximum Gasteiger partial charge on any atom is 0.170 e. The van der Waals surface area contributed by atoms with E-state index in [0.717, 1.165) is 42.9 Å². The second-order valence-corrected chi connectivity index (χ2v) is 7.33. The number of benzene rings is 2. The minimum absolute atomic E-state index is 0.0832. The van der Waals surface area contributed by atoms with Crippen molar-refractivity contribution in [3.63, 3.8) is 0 Å². The van der Waals surface area contributed by atoms with Gasteiger partial charge in [0, 0.05) is 11.5 Å². The number of carbonyl (C=O) groups excluding carboxylic acids is 1. The fourth-order valence-corrected chi connectivity index (χ4v) is 3.25. The molecule has 0 amide bonds. The van der Waals surface area contributed by atoms with Crippen molar-refractivity contribution in [3.05, 3.63) is 65.7 Å². The molecule has 0 fully saturated rings. The summed E-state index contributed by atoms with van der Waals surface area (Å²) >= 11 is 0. The largest absolute Gasteiger partial charge is 0.494 e. The van der Waals surface area contributed by atoms with Crippen molar-refractivity contribution in [2.45, 2.75) is 44.9 Å². The highest BCUT2D eigenvalue weighted by molar-refractivity contribution is 6.01. The molecule has 3 nitrogen and oxygen atoms in total. The second kappa shape index (κ2) is 11.6. The molecule has 0 aromatic heterocycles. The van der Waals surface area contributed by atoms with E-state index in [-0.39, 0.29) is 11.7 Å². The maximum absolute atomic E-state index is 12.9. The van der Waals surface area contributed by atoms with Crippen LogP contribution in [0, 0.1) is 0 Å². The van der Waals surface area contributed by atoms with E-state index in [1.807, 2.05) is 54.6 Å². The summed E-state index contributed by atoms with van der Waals surface area (Å²) in [7, 11) is 4.22. The number of hydrogen-bond donors (Lipinski definition) is 0. The third-order valence-corrected chi connectivity index (χ3v) is 4.83. The first-order valence-corrected chi connectivity index (χ1v) is 10.1. The Kier molecular flexibility index (Phi) is 9.06. The lowest BCUT2D eigenvalue weighted by Crippen LogP contribution is -2.12. The van der Waals surface area contributed by atoms with Crippen LogP contribution in [0.3, 0.4) is 0 Å². The number of rotatable bonds is 12. The van der Waals surface area contributed by atoms with Crippen LogP contribution in [0.15, 0.2) is 54.6 Å². The molecule has 1 unspecified atom stereocenters. The van der Waals surface area contributed by atoms with Crippen LogP contribution >= 0.6 is 0 Å². The first-order valence-electron chi connectivity index (χ1n) is 10.1. The summed E-state index contributed by atoms with van der Waals surface area (Å²) in [6.07, 6.45) is 5.55. The molecule has 2 rings (SSSR count). The molecule has 0 N–H and O–H groups in total. The molecule has 2 aromatic carbocycles. The van der Waals surface area contributed by atoms with E-state index < -0.39 is 0 Å². The van der Waals surface area contributed by atoms with Crippen LogP contribution < -0.4 is 4.74 Å². The SMILES string of the molecule is CCC(C(=O)c1ccc(OCCCCCCN(C)C)cc1)c1ccccc1. The molecule has 0 saturated carbocycles. The molecule has 1 atom stereocenters. The lowest BCUT2D eigenvalue weighted by atomic mass is 9.89. The molecule has 0 aliphatic rings. The summed E-state index contributed by atoms with van der Waals surface area (Å²) in [6.45, 7) is 3.94. The highest BCUT2D eigenvalue weighted by Crippen LogP contribution is 2.25. The number of unbranched alkanes of at least 4 members (excludes halogenated alkanes) is 3. The zero-order chi connectivity index (χ0) is 19.5. The molecule has 0 aliphatic carbocycles. The van der Waals surface area contributed by atoms with E-state index >= 15 is 0 Å². The fraction of sp³-hybridized carbons (Fsp3) is 0.458. The van der Waals surface area contributed by atoms with Crippen LogP contribution in [0.25, 0.3) is 0 Å². The van der Waals surface area contributed by atoms with Crippen molar-refractivity contribution >= 4 is 5.78 Å². The van der Waals surface area contributed by atoms with Gasteiger partial charge in [-0.1, -0.05) is 50.1 Å². The second-order valence-electron chi connectivity index (χ2n) is 7.33. The smallest absolute Gasteiger partial charge is 0.170 e. The Labute approximate surface area is 164 Å². The number of ketones is 1. The topological polar surface area (TPSA) is 29.5 Å². The minimum Gasteiger partial charge on any atom is -0.494 e. The molecule has 0 bridgehead atoms. The predicted octanol–water partition coefficient (Wildman–Crippen LogP) is 5.56. The van der Waals surface area contributed by atoms with Crippen LogP contribution in [0.5, 0.6) is 5.75 Å². The van der Waals surface area contributed by atoms with Gasteiger partial charge in [0.1, 0.15) is 5.75 Å². The van der Waals surface area contributed by atoms with Gasteiger partial charge in [0.15, 0.2) is 5.78 Å². The first-order chi connectivity index (χ1) is 13.1. The van der Waals surface area contributed by atoms with Gasteiger partial charge < -0.3 is 9.64 Å². The average Bonchev–Trinajstić information content (AvgIpc) is 2.69. The van der Waals surface area contributed by atoms with Gasteiger partial charge in [-0.05, 0) is 69.7 Å². The molecular formula is C24H33NO2. The third-order valence-electron chi connectivity index (χ3n) is 4.83. The van der Waals surface area contributed by atoms with Crippen molar-refractivity contribution < 1.29 is 9.53 Å². The number of carbonyl (C=O) groups is 1. The van der Waals surface area contributed by atoms with Gasteiger partial charge in [0.2, 0.25) is 0 Å². The Bertz CT molecular complexity index is 665. The van der Waals surface area contributed by atoms with Gasteiger partial charge in [0.25, 0.3) is 0 Å². The maximum atomic E-state index is 12.9. The molecule has 27 heavy (non-hydrogen) atoms. The lowest BCUT2D eigenvalue weighted by Gasteiger charge is -2.14. The number of hydrogen-bond acceptors (Lipinski definition) is 3. The number of ether oxygens (including phenoxy) is 1. The van der Waals surface area contributed by atoms with E-state index in [0.29, 0.717) is 0 Å². The van der Waals surface area contributed by atoms with Crippen LogP contribution in [0.2, 0.25) is 0 Å². The first kappa shape index (κ1) is 21.2. The summed E-state index contributed by atoms with van der Waals surface area (Å²) in [4.78, 5) is 15.1. The Balaban J connectivity index is 1.79. The molecule has 0 radical (unpaired) electrons. The van der Waals surface area contributed by atoms with Crippen LogP contribution in [-0.2, 0) is 0 Å². The van der Waals surface area contributed by atoms with E-state index in [2.05, 4.69) is 25.9 Å². The molecule has 146 valence electrons. The fourth-order valence-electron chi connectivity index (χ4n) is 3.25. The molecule has 0 saturated heterocycles. The lowest BCUT2D eigenvalue weighted by molar-refractivity contribution is 0.0957. The van der Waals surface area contributed by atoms with Gasteiger partial charge in [-0.2, -0.15) is 0 Å². The monoisotopic (exact) mass is 367 g/mol. The summed E-state index contributed by atoms with van der Waals surface area (Å²) in [5.41, 5.74) is 1.83. The van der Waals surface area contributed by atoms with Gasteiger partial charge in [-0.25, -0.2) is 0 Å². The minimum atomic E-state index is -0.0832. The highest BCUT2D eigenvalue weighted by atomic mass is 16.5. The van der Waals surface area contributed by atoms with Crippen LogP contribution in [0.1, 0.15) is 60.9 Å². The molecule has 3 heteroatoms. The van der Waals surface area contributed by atoms with E-state index in [4.69, 9.17) is 4.74 Å². The average molecular weight is 368 g/mol. The summed E-state index contributed by atoms with van der Waals surface area (Å²) in [5.74, 6) is 0.934. The van der Waals surface area contributed by atoms with Gasteiger partial charge >= 0.3 is 0 Å². The van der Waals surface area contributed by atoms with E-state index in [1.54, 1.807) is 0 Å².